The van der Waals surface area contributed by atoms with E-state index < -0.39 is 23.9 Å². The molecule has 55 heavy (non-hydrogen) atoms. The molecular weight excluding hydrogens is 697 g/mol. The first-order valence-corrected chi connectivity index (χ1v) is 19.1. The summed E-state index contributed by atoms with van der Waals surface area (Å²) >= 11 is 0. The van der Waals surface area contributed by atoms with Gasteiger partial charge in [-0.3, -0.25) is 14.4 Å². The zero-order valence-electron chi connectivity index (χ0n) is 31.6. The quantitative estimate of drug-likeness (QED) is 0.167. The van der Waals surface area contributed by atoms with Crippen molar-refractivity contribution in [2.24, 2.45) is 5.92 Å². The molecule has 0 aliphatic carbocycles. The van der Waals surface area contributed by atoms with Crippen LogP contribution in [-0.4, -0.2) is 71.8 Å². The topological polar surface area (TPSA) is 130 Å². The Morgan fingerprint density at radius 3 is 2.31 bits per heavy atom. The lowest BCUT2D eigenvalue weighted by Gasteiger charge is -2.46. The first kappa shape index (κ1) is 38.2. The average Bonchev–Trinajstić information content (AvgIpc) is 3.52. The highest BCUT2D eigenvalue weighted by molar-refractivity contribution is 5.93. The van der Waals surface area contributed by atoms with E-state index in [-0.39, 0.29) is 36.5 Å². The fraction of sp³-hybridized carbons (Fsp3) is 0.386. The summed E-state index contributed by atoms with van der Waals surface area (Å²) in [6.07, 6.45) is -0.404. The number of carbonyl (C=O) groups excluding carboxylic acids is 3. The van der Waals surface area contributed by atoms with Crippen LogP contribution in [0.3, 0.4) is 0 Å². The Balaban J connectivity index is 1.06. The zero-order valence-corrected chi connectivity index (χ0v) is 31.6. The molecule has 3 aliphatic heterocycles. The number of piperidine rings is 1. The number of hydrogen-bond donors (Lipinski definition) is 3. The van der Waals surface area contributed by atoms with Crippen LogP contribution in [0.25, 0.3) is 11.1 Å². The van der Waals surface area contributed by atoms with E-state index in [1.165, 1.54) is 6.92 Å². The highest BCUT2D eigenvalue weighted by Gasteiger charge is 2.51. The first-order valence-electron chi connectivity index (χ1n) is 19.1. The largest absolute Gasteiger partial charge is 0.453 e. The predicted molar refractivity (Wildman–Crippen MR) is 208 cm³/mol. The summed E-state index contributed by atoms with van der Waals surface area (Å²) in [6.45, 7) is 8.04. The van der Waals surface area contributed by atoms with Crippen LogP contribution in [-0.2, 0) is 41.7 Å². The van der Waals surface area contributed by atoms with Gasteiger partial charge in [-0.05, 0) is 65.8 Å². The van der Waals surface area contributed by atoms with Gasteiger partial charge in [-0.1, -0.05) is 91.9 Å². The molecule has 3 saturated heterocycles. The SMILES string of the molecule is CC(=O)OC(C)C(=O)NCc1cccc(-c2ccc(C3OC(CN4CCC5(CC4)C(=O)NCN5c4ccccc4)C(C)C(c4ccc(CO)cc4)O3)cc2)c1. The van der Waals surface area contributed by atoms with Crippen molar-refractivity contribution in [1.29, 1.82) is 0 Å². The van der Waals surface area contributed by atoms with Crippen LogP contribution in [0.15, 0.2) is 103 Å². The van der Waals surface area contributed by atoms with Gasteiger partial charge < -0.3 is 39.8 Å². The smallest absolute Gasteiger partial charge is 0.303 e. The third kappa shape index (κ3) is 8.45. The lowest BCUT2D eigenvalue weighted by molar-refractivity contribution is -0.276. The van der Waals surface area contributed by atoms with Gasteiger partial charge in [0.05, 0.1) is 25.5 Å². The van der Waals surface area contributed by atoms with E-state index in [2.05, 4.69) is 51.6 Å². The summed E-state index contributed by atoms with van der Waals surface area (Å²) in [6, 6.07) is 34.2. The number of benzene rings is 4. The van der Waals surface area contributed by atoms with Gasteiger partial charge in [-0.15, -0.1) is 0 Å². The van der Waals surface area contributed by atoms with Crippen molar-refractivity contribution in [3.05, 3.63) is 125 Å². The number of para-hydroxylation sites is 1. The third-order valence-corrected chi connectivity index (χ3v) is 11.3. The van der Waals surface area contributed by atoms with Gasteiger partial charge in [0.15, 0.2) is 12.4 Å². The van der Waals surface area contributed by atoms with E-state index in [1.807, 2.05) is 78.9 Å². The standard InChI is InChI=1S/C44H50N4O7/c1-29-39(26-47-22-20-44(21-23-47)43(52)46-28-48(44)38-10-5-4-6-11-38)54-42(55-40(29)35-14-12-32(27-49)13-15-35)36-18-16-34(17-19-36)37-9-7-8-33(24-37)25-45-41(51)30(2)53-31(3)50/h4-19,24,29-30,39-40,42,49H,20-23,25-28H2,1-3H3,(H,45,51)(H,46,52). The molecule has 1 spiro atoms. The first-order chi connectivity index (χ1) is 26.6. The van der Waals surface area contributed by atoms with E-state index >= 15 is 0 Å². The van der Waals surface area contributed by atoms with E-state index in [0.717, 1.165) is 65.0 Å². The monoisotopic (exact) mass is 746 g/mol. The van der Waals surface area contributed by atoms with E-state index in [1.54, 1.807) is 6.92 Å². The second-order valence-electron chi connectivity index (χ2n) is 14.9. The summed E-state index contributed by atoms with van der Waals surface area (Å²) in [7, 11) is 0. The molecule has 7 rings (SSSR count). The van der Waals surface area contributed by atoms with Crippen LogP contribution < -0.4 is 15.5 Å². The molecule has 4 aromatic carbocycles. The molecule has 0 radical (unpaired) electrons. The molecule has 3 N–H and O–H groups in total. The summed E-state index contributed by atoms with van der Waals surface area (Å²) in [5.41, 5.74) is 6.20. The average molecular weight is 747 g/mol. The number of rotatable bonds is 11. The number of ether oxygens (including phenoxy) is 3. The molecule has 2 amide bonds. The highest BCUT2D eigenvalue weighted by atomic mass is 16.7. The Kier molecular flexibility index (Phi) is 11.6. The number of likely N-dealkylation sites (tertiary alicyclic amines) is 1. The van der Waals surface area contributed by atoms with Crippen LogP contribution in [0.5, 0.6) is 0 Å². The summed E-state index contributed by atoms with van der Waals surface area (Å²) < 4.78 is 18.5. The molecule has 0 aromatic heterocycles. The third-order valence-electron chi connectivity index (χ3n) is 11.3. The Hall–Kier alpha value is -5.07. The van der Waals surface area contributed by atoms with Crippen LogP contribution in [0.1, 0.15) is 68.3 Å². The Morgan fingerprint density at radius 1 is 0.909 bits per heavy atom. The molecule has 288 valence electrons. The number of carbonyl (C=O) groups is 3. The number of amides is 2. The molecule has 3 fully saturated rings. The fourth-order valence-corrected chi connectivity index (χ4v) is 8.05. The van der Waals surface area contributed by atoms with Crippen molar-refractivity contribution in [2.45, 2.75) is 76.9 Å². The zero-order chi connectivity index (χ0) is 38.5. The second kappa shape index (κ2) is 16.7. The molecular formula is C44H50N4O7. The van der Waals surface area contributed by atoms with Crippen molar-refractivity contribution in [1.82, 2.24) is 15.5 Å². The van der Waals surface area contributed by atoms with Gasteiger partial charge in [-0.25, -0.2) is 0 Å². The number of aliphatic hydroxyl groups is 1. The number of nitrogens with zero attached hydrogens (tertiary/aromatic N) is 2. The Bertz CT molecular complexity index is 1950. The molecule has 0 saturated carbocycles. The normalized spacial score (nSPS) is 22.9. The van der Waals surface area contributed by atoms with Crippen molar-refractivity contribution in [2.75, 3.05) is 31.2 Å². The molecule has 5 unspecified atom stereocenters. The number of hydrogen-bond acceptors (Lipinski definition) is 9. The van der Waals surface area contributed by atoms with Crippen molar-refractivity contribution < 1.29 is 33.7 Å². The summed E-state index contributed by atoms with van der Waals surface area (Å²) in [4.78, 5) is 41.6. The molecule has 5 atom stereocenters. The van der Waals surface area contributed by atoms with Crippen molar-refractivity contribution >= 4 is 23.5 Å². The summed E-state index contributed by atoms with van der Waals surface area (Å²) in [5, 5.41) is 15.6. The lowest BCUT2D eigenvalue weighted by atomic mass is 9.84. The van der Waals surface area contributed by atoms with Gasteiger partial charge in [0.2, 0.25) is 5.91 Å². The van der Waals surface area contributed by atoms with E-state index in [0.29, 0.717) is 19.8 Å². The molecule has 11 nitrogen and oxygen atoms in total. The Labute approximate surface area is 322 Å². The maximum atomic E-state index is 13.3. The number of esters is 1. The maximum absolute atomic E-state index is 13.3. The number of aliphatic hydroxyl groups excluding tert-OH is 1. The second-order valence-corrected chi connectivity index (χ2v) is 14.9. The lowest BCUT2D eigenvalue weighted by Crippen LogP contribution is -2.57. The minimum absolute atomic E-state index is 0.0227. The molecule has 3 heterocycles. The Morgan fingerprint density at radius 2 is 1.62 bits per heavy atom. The maximum Gasteiger partial charge on any atom is 0.303 e. The predicted octanol–water partition coefficient (Wildman–Crippen LogP) is 5.63. The molecule has 11 heteroatoms. The van der Waals surface area contributed by atoms with Gasteiger partial charge in [0.25, 0.3) is 5.91 Å². The van der Waals surface area contributed by atoms with Gasteiger partial charge in [0, 0.05) is 50.3 Å². The molecule has 0 bridgehead atoms. The van der Waals surface area contributed by atoms with Gasteiger partial charge in [-0.2, -0.15) is 0 Å². The fourth-order valence-electron chi connectivity index (χ4n) is 8.05. The van der Waals surface area contributed by atoms with Gasteiger partial charge in [0.1, 0.15) is 5.54 Å². The van der Waals surface area contributed by atoms with Crippen molar-refractivity contribution in [3.63, 3.8) is 0 Å². The van der Waals surface area contributed by atoms with Crippen LogP contribution >= 0.6 is 0 Å². The van der Waals surface area contributed by atoms with E-state index in [9.17, 15) is 19.5 Å². The number of anilines is 1. The summed E-state index contributed by atoms with van der Waals surface area (Å²) in [5.74, 6) is -0.720. The van der Waals surface area contributed by atoms with Gasteiger partial charge >= 0.3 is 5.97 Å². The van der Waals surface area contributed by atoms with Crippen LogP contribution in [0.4, 0.5) is 5.69 Å². The van der Waals surface area contributed by atoms with Crippen molar-refractivity contribution in [3.8, 4) is 11.1 Å². The van der Waals surface area contributed by atoms with E-state index in [4.69, 9.17) is 14.2 Å². The molecule has 4 aromatic rings. The highest BCUT2D eigenvalue weighted by Crippen LogP contribution is 2.43. The molecule has 3 aliphatic rings. The minimum atomic E-state index is -0.863. The minimum Gasteiger partial charge on any atom is -0.453 e. The number of nitrogens with one attached hydrogen (secondary N) is 2. The van der Waals surface area contributed by atoms with Crippen LogP contribution in [0, 0.1) is 5.92 Å². The van der Waals surface area contributed by atoms with Crippen LogP contribution in [0.2, 0.25) is 0 Å².